The number of carbonyl (C=O) groups is 2. The molecule has 0 aromatic heterocycles. The van der Waals surface area contributed by atoms with Gasteiger partial charge in [0.05, 0.1) is 6.54 Å². The number of benzene rings is 1. The number of aryl methyl sites for hydroxylation is 2. The number of amides is 1. The Morgan fingerprint density at radius 2 is 1.77 bits per heavy atom. The summed E-state index contributed by atoms with van der Waals surface area (Å²) in [6.07, 6.45) is 0.469. The highest BCUT2D eigenvalue weighted by Gasteiger charge is 2.15. The molecule has 0 aliphatic rings. The van der Waals surface area contributed by atoms with E-state index in [9.17, 15) is 9.59 Å². The van der Waals surface area contributed by atoms with Crippen LogP contribution >= 0.6 is 0 Å². The van der Waals surface area contributed by atoms with E-state index >= 15 is 0 Å². The summed E-state index contributed by atoms with van der Waals surface area (Å²) in [5, 5.41) is 2.54. The summed E-state index contributed by atoms with van der Waals surface area (Å²) in [6.45, 7) is 7.78. The lowest BCUT2D eigenvalue weighted by molar-refractivity contribution is -0.143. The molecule has 0 saturated carbocycles. The average molecular weight is 307 g/mol. The van der Waals surface area contributed by atoms with E-state index in [1.54, 1.807) is 20.8 Å². The van der Waals surface area contributed by atoms with Crippen LogP contribution in [0.5, 0.6) is 0 Å². The second-order valence-corrected chi connectivity index (χ2v) is 6.13. The van der Waals surface area contributed by atoms with Crippen LogP contribution in [0.15, 0.2) is 24.3 Å². The number of esters is 1. The number of carbonyl (C=O) groups excluding carboxylic acids is 2. The molecule has 0 aliphatic heterocycles. The minimum absolute atomic E-state index is 0.145. The maximum atomic E-state index is 11.6. The van der Waals surface area contributed by atoms with E-state index in [0.29, 0.717) is 12.8 Å². The van der Waals surface area contributed by atoms with Crippen molar-refractivity contribution in [2.75, 3.05) is 13.2 Å². The fourth-order valence-electron chi connectivity index (χ4n) is 1.71. The number of alkyl carbamates (subject to hydrolysis) is 1. The van der Waals surface area contributed by atoms with Crippen molar-refractivity contribution in [1.29, 1.82) is 0 Å². The molecule has 0 fully saturated rings. The third kappa shape index (κ3) is 8.29. The number of hydrogen-bond acceptors (Lipinski definition) is 4. The fraction of sp³-hybridized carbons (Fsp3) is 0.529. The largest absolute Gasteiger partial charge is 0.464 e. The summed E-state index contributed by atoms with van der Waals surface area (Å²) in [6, 6.07) is 8.05. The monoisotopic (exact) mass is 307 g/mol. The van der Waals surface area contributed by atoms with Crippen LogP contribution < -0.4 is 5.32 Å². The first-order valence-corrected chi connectivity index (χ1v) is 7.44. The predicted molar refractivity (Wildman–Crippen MR) is 84.7 cm³/mol. The minimum Gasteiger partial charge on any atom is -0.464 e. The van der Waals surface area contributed by atoms with Gasteiger partial charge in [-0.2, -0.15) is 0 Å². The van der Waals surface area contributed by atoms with Gasteiger partial charge in [-0.1, -0.05) is 29.8 Å². The molecule has 0 atom stereocenters. The second-order valence-electron chi connectivity index (χ2n) is 6.13. The van der Waals surface area contributed by atoms with E-state index in [4.69, 9.17) is 9.47 Å². The van der Waals surface area contributed by atoms with Gasteiger partial charge in [-0.15, -0.1) is 0 Å². The maximum absolute atomic E-state index is 11.6. The highest BCUT2D eigenvalue weighted by Crippen LogP contribution is 2.07. The Morgan fingerprint density at radius 1 is 1.14 bits per heavy atom. The summed E-state index contributed by atoms with van der Waals surface area (Å²) in [5.74, 6) is -0.272. The molecule has 1 rings (SSSR count). The van der Waals surface area contributed by atoms with Crippen LogP contribution in [0.4, 0.5) is 4.79 Å². The number of ether oxygens (including phenoxy) is 2. The predicted octanol–water partition coefficient (Wildman–Crippen LogP) is 3.00. The molecule has 1 N–H and O–H groups in total. The first-order valence-electron chi connectivity index (χ1n) is 7.44. The molecule has 1 aromatic carbocycles. The molecule has 1 aromatic rings. The number of nitrogens with one attached hydrogen (secondary N) is 1. The molecule has 0 heterocycles. The molecule has 0 radical (unpaired) electrons. The molecular weight excluding hydrogens is 282 g/mol. The molecule has 0 aliphatic carbocycles. The van der Waals surface area contributed by atoms with Crippen molar-refractivity contribution in [3.63, 3.8) is 0 Å². The Labute approximate surface area is 132 Å². The van der Waals surface area contributed by atoms with Gasteiger partial charge >= 0.3 is 12.1 Å². The zero-order valence-corrected chi connectivity index (χ0v) is 13.8. The van der Waals surface area contributed by atoms with Crippen LogP contribution in [0, 0.1) is 6.92 Å². The Balaban J connectivity index is 2.13. The fourth-order valence-corrected chi connectivity index (χ4v) is 1.71. The number of rotatable bonds is 6. The number of hydrogen-bond donors (Lipinski definition) is 1. The molecule has 5 nitrogen and oxygen atoms in total. The van der Waals surface area contributed by atoms with Gasteiger partial charge in [-0.05, 0) is 39.7 Å². The summed E-state index contributed by atoms with van der Waals surface area (Å²) >= 11 is 0. The highest BCUT2D eigenvalue weighted by molar-refractivity contribution is 5.70. The first-order chi connectivity index (χ1) is 10.3. The van der Waals surface area contributed by atoms with Crippen molar-refractivity contribution in [1.82, 2.24) is 5.32 Å². The van der Waals surface area contributed by atoms with Crippen molar-refractivity contribution in [3.8, 4) is 0 Å². The summed E-state index contributed by atoms with van der Waals surface area (Å²) < 4.78 is 10.1. The average Bonchev–Trinajstić information content (AvgIpc) is 2.41. The van der Waals surface area contributed by atoms with Gasteiger partial charge in [0.2, 0.25) is 0 Å². The van der Waals surface area contributed by atoms with Crippen LogP contribution in [0.3, 0.4) is 0 Å². The van der Waals surface area contributed by atoms with Crippen LogP contribution in [-0.4, -0.2) is 30.8 Å². The molecule has 22 heavy (non-hydrogen) atoms. The molecule has 122 valence electrons. The van der Waals surface area contributed by atoms with Gasteiger partial charge in [0.25, 0.3) is 0 Å². The van der Waals surface area contributed by atoms with E-state index in [-0.39, 0.29) is 19.1 Å². The lowest BCUT2D eigenvalue weighted by Crippen LogP contribution is -2.34. The standard InChI is InChI=1S/C17H25NO4/c1-13-5-7-14(8-6-13)9-10-15(19)21-12-11-18-16(20)22-17(2,3)4/h5-8H,9-12H2,1-4H3,(H,18,20). The quantitative estimate of drug-likeness (QED) is 0.648. The molecule has 5 heteroatoms. The first kappa shape index (κ1) is 18.0. The third-order valence-electron chi connectivity index (χ3n) is 2.77. The molecular formula is C17H25NO4. The van der Waals surface area contributed by atoms with Gasteiger partial charge in [0.1, 0.15) is 12.2 Å². The summed E-state index contributed by atoms with van der Waals surface area (Å²) in [7, 11) is 0. The lowest BCUT2D eigenvalue weighted by atomic mass is 10.1. The van der Waals surface area contributed by atoms with Gasteiger partial charge in [0.15, 0.2) is 0 Å². The van der Waals surface area contributed by atoms with Gasteiger partial charge in [0, 0.05) is 6.42 Å². The smallest absolute Gasteiger partial charge is 0.407 e. The SMILES string of the molecule is Cc1ccc(CCC(=O)OCCNC(=O)OC(C)(C)C)cc1. The van der Waals surface area contributed by atoms with Crippen LogP contribution in [0.25, 0.3) is 0 Å². The zero-order valence-electron chi connectivity index (χ0n) is 13.8. The maximum Gasteiger partial charge on any atom is 0.407 e. The van der Waals surface area contributed by atoms with E-state index in [0.717, 1.165) is 5.56 Å². The normalized spacial score (nSPS) is 10.9. The Morgan fingerprint density at radius 3 is 2.36 bits per heavy atom. The van der Waals surface area contributed by atoms with E-state index in [2.05, 4.69) is 5.32 Å². The Bertz CT molecular complexity index is 488. The van der Waals surface area contributed by atoms with Crippen molar-refractivity contribution in [3.05, 3.63) is 35.4 Å². The molecule has 0 bridgehead atoms. The molecule has 0 unspecified atom stereocenters. The van der Waals surface area contributed by atoms with Gasteiger partial charge in [-0.25, -0.2) is 4.79 Å². The summed E-state index contributed by atoms with van der Waals surface area (Å²) in [5.41, 5.74) is 1.77. The topological polar surface area (TPSA) is 64.6 Å². The van der Waals surface area contributed by atoms with Crippen LogP contribution in [0.1, 0.15) is 38.3 Å². The van der Waals surface area contributed by atoms with Crippen LogP contribution in [0.2, 0.25) is 0 Å². The van der Waals surface area contributed by atoms with Crippen molar-refractivity contribution < 1.29 is 19.1 Å². The Kier molecular flexibility index (Phi) is 6.89. The Hall–Kier alpha value is -2.04. The second kappa shape index (κ2) is 8.41. The highest BCUT2D eigenvalue weighted by atomic mass is 16.6. The lowest BCUT2D eigenvalue weighted by Gasteiger charge is -2.19. The third-order valence-corrected chi connectivity index (χ3v) is 2.77. The van der Waals surface area contributed by atoms with Gasteiger partial charge < -0.3 is 14.8 Å². The summed E-state index contributed by atoms with van der Waals surface area (Å²) in [4.78, 5) is 23.0. The van der Waals surface area contributed by atoms with E-state index in [1.165, 1.54) is 5.56 Å². The molecule has 0 spiro atoms. The zero-order chi connectivity index (χ0) is 16.6. The van der Waals surface area contributed by atoms with E-state index < -0.39 is 11.7 Å². The molecule has 0 saturated heterocycles. The van der Waals surface area contributed by atoms with Crippen molar-refractivity contribution >= 4 is 12.1 Å². The van der Waals surface area contributed by atoms with Crippen LogP contribution in [-0.2, 0) is 20.7 Å². The van der Waals surface area contributed by atoms with Crippen molar-refractivity contribution in [2.45, 2.75) is 46.1 Å². The van der Waals surface area contributed by atoms with E-state index in [1.807, 2.05) is 31.2 Å². The van der Waals surface area contributed by atoms with Crippen molar-refractivity contribution in [2.24, 2.45) is 0 Å². The minimum atomic E-state index is -0.533. The molecule has 1 amide bonds. The van der Waals surface area contributed by atoms with Gasteiger partial charge in [-0.3, -0.25) is 4.79 Å².